The van der Waals surface area contributed by atoms with Crippen LogP contribution in [0.1, 0.15) is 44.1 Å². The highest BCUT2D eigenvalue weighted by molar-refractivity contribution is 5.74. The number of hydrogen-bond donors (Lipinski definition) is 2. The predicted molar refractivity (Wildman–Crippen MR) is 84.7 cm³/mol. The lowest BCUT2D eigenvalue weighted by Crippen LogP contribution is -2.41. The molecule has 2 amide bonds. The van der Waals surface area contributed by atoms with Crippen LogP contribution in [0.2, 0.25) is 0 Å². The molecule has 1 aliphatic carbocycles. The van der Waals surface area contributed by atoms with Crippen molar-refractivity contribution in [3.63, 3.8) is 0 Å². The number of urea groups is 1. The Kier molecular flexibility index (Phi) is 6.38. The SMILES string of the molecule is COc1ccccc1CCCCNC(=O)NC1CCCC1. The average molecular weight is 290 g/mol. The fourth-order valence-electron chi connectivity index (χ4n) is 2.86. The van der Waals surface area contributed by atoms with Gasteiger partial charge in [-0.05, 0) is 43.7 Å². The summed E-state index contributed by atoms with van der Waals surface area (Å²) in [6, 6.07) is 8.47. The highest BCUT2D eigenvalue weighted by atomic mass is 16.5. The second-order valence-corrected chi connectivity index (χ2v) is 5.65. The Labute approximate surface area is 127 Å². The van der Waals surface area contributed by atoms with E-state index in [-0.39, 0.29) is 6.03 Å². The molecule has 1 fully saturated rings. The van der Waals surface area contributed by atoms with Gasteiger partial charge in [0.1, 0.15) is 5.75 Å². The number of para-hydroxylation sites is 1. The first-order chi connectivity index (χ1) is 10.3. The van der Waals surface area contributed by atoms with Crippen molar-refractivity contribution in [3.8, 4) is 5.75 Å². The number of carbonyl (C=O) groups excluding carboxylic acids is 1. The molecule has 21 heavy (non-hydrogen) atoms. The number of ether oxygens (including phenoxy) is 1. The van der Waals surface area contributed by atoms with Gasteiger partial charge < -0.3 is 15.4 Å². The molecule has 0 radical (unpaired) electrons. The first kappa shape index (κ1) is 15.7. The highest BCUT2D eigenvalue weighted by Gasteiger charge is 2.16. The molecule has 0 atom stereocenters. The molecule has 0 spiro atoms. The van der Waals surface area contributed by atoms with Crippen LogP contribution in [-0.2, 0) is 6.42 Å². The predicted octanol–water partition coefficient (Wildman–Crippen LogP) is 3.26. The van der Waals surface area contributed by atoms with E-state index in [0.717, 1.165) is 44.4 Å². The van der Waals surface area contributed by atoms with Crippen LogP contribution in [0.5, 0.6) is 5.75 Å². The maximum atomic E-state index is 11.7. The molecule has 0 aromatic heterocycles. The minimum absolute atomic E-state index is 0.0146. The molecule has 0 heterocycles. The van der Waals surface area contributed by atoms with Crippen LogP contribution < -0.4 is 15.4 Å². The van der Waals surface area contributed by atoms with Gasteiger partial charge in [-0.25, -0.2) is 4.79 Å². The van der Waals surface area contributed by atoms with Crippen LogP contribution in [0.3, 0.4) is 0 Å². The number of carbonyl (C=O) groups is 1. The number of unbranched alkanes of at least 4 members (excludes halogenated alkanes) is 1. The van der Waals surface area contributed by atoms with Gasteiger partial charge in [-0.2, -0.15) is 0 Å². The van der Waals surface area contributed by atoms with E-state index >= 15 is 0 Å². The van der Waals surface area contributed by atoms with Gasteiger partial charge in [0.2, 0.25) is 0 Å². The van der Waals surface area contributed by atoms with Gasteiger partial charge in [0.05, 0.1) is 7.11 Å². The van der Waals surface area contributed by atoms with Gasteiger partial charge in [-0.15, -0.1) is 0 Å². The molecule has 1 aromatic carbocycles. The lowest BCUT2D eigenvalue weighted by molar-refractivity contribution is 0.237. The molecule has 1 saturated carbocycles. The van der Waals surface area contributed by atoms with Crippen LogP contribution in [0.25, 0.3) is 0 Å². The topological polar surface area (TPSA) is 50.4 Å². The molecule has 0 unspecified atom stereocenters. The van der Waals surface area contributed by atoms with E-state index < -0.39 is 0 Å². The Hall–Kier alpha value is -1.71. The molecule has 0 aliphatic heterocycles. The van der Waals surface area contributed by atoms with Gasteiger partial charge in [0.25, 0.3) is 0 Å². The molecule has 1 aromatic rings. The van der Waals surface area contributed by atoms with E-state index in [2.05, 4.69) is 16.7 Å². The van der Waals surface area contributed by atoms with E-state index in [1.54, 1.807) is 7.11 Å². The molecule has 0 bridgehead atoms. The van der Waals surface area contributed by atoms with Crippen LogP contribution in [-0.4, -0.2) is 25.7 Å². The largest absolute Gasteiger partial charge is 0.496 e. The van der Waals surface area contributed by atoms with Gasteiger partial charge in [0, 0.05) is 12.6 Å². The fraction of sp³-hybridized carbons (Fsp3) is 0.588. The number of amides is 2. The number of methoxy groups -OCH3 is 1. The van der Waals surface area contributed by atoms with Crippen molar-refractivity contribution in [1.82, 2.24) is 10.6 Å². The summed E-state index contributed by atoms with van der Waals surface area (Å²) in [7, 11) is 1.70. The first-order valence-corrected chi connectivity index (χ1v) is 7.96. The summed E-state index contributed by atoms with van der Waals surface area (Å²) in [5, 5.41) is 5.98. The van der Waals surface area contributed by atoms with Crippen molar-refractivity contribution in [3.05, 3.63) is 29.8 Å². The van der Waals surface area contributed by atoms with E-state index in [1.807, 2.05) is 18.2 Å². The second-order valence-electron chi connectivity index (χ2n) is 5.65. The lowest BCUT2D eigenvalue weighted by atomic mass is 10.1. The molecule has 4 nitrogen and oxygen atoms in total. The van der Waals surface area contributed by atoms with Crippen LogP contribution in [0, 0.1) is 0 Å². The summed E-state index contributed by atoms with van der Waals surface area (Å²) < 4.78 is 5.34. The smallest absolute Gasteiger partial charge is 0.315 e. The average Bonchev–Trinajstić information content (AvgIpc) is 3.00. The molecule has 2 N–H and O–H groups in total. The van der Waals surface area contributed by atoms with Gasteiger partial charge in [-0.3, -0.25) is 0 Å². The number of benzene rings is 1. The lowest BCUT2D eigenvalue weighted by Gasteiger charge is -2.13. The summed E-state index contributed by atoms with van der Waals surface area (Å²) in [6.07, 6.45) is 7.74. The van der Waals surface area contributed by atoms with E-state index in [4.69, 9.17) is 4.74 Å². The van der Waals surface area contributed by atoms with Crippen molar-refractivity contribution >= 4 is 6.03 Å². The fourth-order valence-corrected chi connectivity index (χ4v) is 2.86. The molecule has 116 valence electrons. The van der Waals surface area contributed by atoms with Gasteiger partial charge >= 0.3 is 6.03 Å². The molecule has 1 aliphatic rings. The normalized spacial score (nSPS) is 14.9. The minimum atomic E-state index is -0.0146. The zero-order valence-electron chi connectivity index (χ0n) is 12.9. The summed E-state index contributed by atoms with van der Waals surface area (Å²) in [5.41, 5.74) is 1.23. The number of hydrogen-bond acceptors (Lipinski definition) is 2. The molecular weight excluding hydrogens is 264 g/mol. The van der Waals surface area contributed by atoms with Gasteiger partial charge in [0.15, 0.2) is 0 Å². The summed E-state index contributed by atoms with van der Waals surface area (Å²) in [6.45, 7) is 0.730. The Bertz CT molecular complexity index is 442. The number of rotatable bonds is 7. The van der Waals surface area contributed by atoms with Crippen molar-refractivity contribution in [2.24, 2.45) is 0 Å². The summed E-state index contributed by atoms with van der Waals surface area (Å²) in [5.74, 6) is 0.949. The Morgan fingerprint density at radius 1 is 1.24 bits per heavy atom. The third-order valence-electron chi connectivity index (χ3n) is 4.04. The van der Waals surface area contributed by atoms with Crippen LogP contribution in [0.15, 0.2) is 24.3 Å². The Balaban J connectivity index is 1.58. The molecule has 4 heteroatoms. The summed E-state index contributed by atoms with van der Waals surface area (Å²) >= 11 is 0. The molecule has 2 rings (SSSR count). The quantitative estimate of drug-likeness (QED) is 0.757. The zero-order chi connectivity index (χ0) is 14.9. The number of aryl methyl sites for hydroxylation is 1. The molecule has 0 saturated heterocycles. The van der Waals surface area contributed by atoms with Crippen molar-refractivity contribution < 1.29 is 9.53 Å². The maximum absolute atomic E-state index is 11.7. The van der Waals surface area contributed by atoms with E-state index in [0.29, 0.717) is 6.04 Å². The summed E-state index contributed by atoms with van der Waals surface area (Å²) in [4.78, 5) is 11.7. The first-order valence-electron chi connectivity index (χ1n) is 7.96. The van der Waals surface area contributed by atoms with E-state index in [9.17, 15) is 4.79 Å². The van der Waals surface area contributed by atoms with Crippen molar-refractivity contribution in [2.45, 2.75) is 51.0 Å². The van der Waals surface area contributed by atoms with Crippen molar-refractivity contribution in [2.75, 3.05) is 13.7 Å². The highest BCUT2D eigenvalue weighted by Crippen LogP contribution is 2.19. The monoisotopic (exact) mass is 290 g/mol. The zero-order valence-corrected chi connectivity index (χ0v) is 12.9. The minimum Gasteiger partial charge on any atom is -0.496 e. The van der Waals surface area contributed by atoms with Crippen LogP contribution in [0.4, 0.5) is 4.79 Å². The van der Waals surface area contributed by atoms with Gasteiger partial charge in [-0.1, -0.05) is 31.0 Å². The van der Waals surface area contributed by atoms with E-state index in [1.165, 1.54) is 18.4 Å². The third-order valence-corrected chi connectivity index (χ3v) is 4.04. The maximum Gasteiger partial charge on any atom is 0.315 e. The number of nitrogens with one attached hydrogen (secondary N) is 2. The van der Waals surface area contributed by atoms with Crippen LogP contribution >= 0.6 is 0 Å². The van der Waals surface area contributed by atoms with Crippen molar-refractivity contribution in [1.29, 1.82) is 0 Å². The Morgan fingerprint density at radius 3 is 2.76 bits per heavy atom. The Morgan fingerprint density at radius 2 is 2.00 bits per heavy atom. The molecular formula is C17H26N2O2. The second kappa shape index (κ2) is 8.55. The third kappa shape index (κ3) is 5.29. The standard InChI is InChI=1S/C17H26N2O2/c1-21-16-12-5-2-8-14(16)9-6-7-13-18-17(20)19-15-10-3-4-11-15/h2,5,8,12,15H,3-4,6-7,9-11,13H2,1H3,(H2,18,19,20).